The van der Waals surface area contributed by atoms with E-state index in [1.165, 1.54) is 12.0 Å². The zero-order valence-corrected chi connectivity index (χ0v) is 27.4. The van der Waals surface area contributed by atoms with Crippen LogP contribution in [0.15, 0.2) is 48.4 Å². The quantitative estimate of drug-likeness (QED) is 0.324. The minimum Gasteiger partial charge on any atom is -0.365 e. The molecule has 0 amide bonds. The predicted molar refractivity (Wildman–Crippen MR) is 183 cm³/mol. The first-order valence-corrected chi connectivity index (χ1v) is 18.3. The van der Waals surface area contributed by atoms with Crippen LogP contribution in [-0.4, -0.2) is 57.4 Å². The number of piperidine rings is 1. The minimum absolute atomic E-state index is 0.119. The number of fused-ring (bicyclic) bond motifs is 9. The lowest BCUT2D eigenvalue weighted by Crippen LogP contribution is -2.52. The molecule has 0 radical (unpaired) electrons. The van der Waals surface area contributed by atoms with Crippen LogP contribution in [0.5, 0.6) is 0 Å². The van der Waals surface area contributed by atoms with Crippen LogP contribution in [0.4, 0.5) is 20.4 Å². The van der Waals surface area contributed by atoms with E-state index < -0.39 is 11.8 Å². The van der Waals surface area contributed by atoms with E-state index in [4.69, 9.17) is 4.98 Å². The Hall–Kier alpha value is -2.58. The van der Waals surface area contributed by atoms with E-state index in [2.05, 4.69) is 52.5 Å². The van der Waals surface area contributed by atoms with Crippen molar-refractivity contribution in [2.24, 2.45) is 11.8 Å². The van der Waals surface area contributed by atoms with Gasteiger partial charge in [0, 0.05) is 35.8 Å². The van der Waals surface area contributed by atoms with Crippen molar-refractivity contribution in [2.45, 2.75) is 89.6 Å². The highest BCUT2D eigenvalue weighted by atomic mass is 32.2. The van der Waals surface area contributed by atoms with Crippen molar-refractivity contribution in [2.75, 3.05) is 41.4 Å². The smallest absolute Gasteiger partial charge is 0.276 e. The standard InChI is InChI=1S/C36H49F2N5S/c1-26-31(28-14-19-44(4)20-15-28)22-32-33-39-24-27-11-10-12-29(21-27)36(37,38)30-13-18-42(35(2,3)23-30)16-8-6-5-7-9-17-43(26)34(32)41-25-40-33/h10-12,21-22,25,28,30H,1,4-9,13-20,23-24H2,2-3H3,(H,39,40,41). The molecule has 2 atom stereocenters. The summed E-state index contributed by atoms with van der Waals surface area (Å²) in [7, 11) is 0.257. The van der Waals surface area contributed by atoms with Gasteiger partial charge in [0.15, 0.2) is 0 Å². The Bertz CT molecular complexity index is 1410. The van der Waals surface area contributed by atoms with Crippen LogP contribution in [0.25, 0.3) is 6.08 Å². The van der Waals surface area contributed by atoms with E-state index in [1.807, 2.05) is 6.07 Å². The maximum atomic E-state index is 16.1. The minimum atomic E-state index is -2.88. The third-order valence-electron chi connectivity index (χ3n) is 10.5. The van der Waals surface area contributed by atoms with Gasteiger partial charge in [0.05, 0.1) is 5.56 Å². The van der Waals surface area contributed by atoms with E-state index in [1.54, 1.807) is 24.5 Å². The topological polar surface area (TPSA) is 44.3 Å². The molecular weight excluding hydrogens is 572 g/mol. The third-order valence-corrected chi connectivity index (χ3v) is 12.1. The fourth-order valence-electron chi connectivity index (χ4n) is 7.75. The molecule has 2 unspecified atom stereocenters. The number of hydrogen-bond acceptors (Lipinski definition) is 5. The molecule has 5 aliphatic heterocycles. The molecule has 44 heavy (non-hydrogen) atoms. The number of halogens is 2. The normalized spacial score (nSPS) is 29.2. The Morgan fingerprint density at radius 1 is 0.977 bits per heavy atom. The van der Waals surface area contributed by atoms with Gasteiger partial charge in [0.2, 0.25) is 0 Å². The average molecular weight is 622 g/mol. The Morgan fingerprint density at radius 2 is 1.73 bits per heavy atom. The van der Waals surface area contributed by atoms with Crippen molar-refractivity contribution >= 4 is 34.1 Å². The third kappa shape index (κ3) is 6.53. The molecule has 2 aromatic rings. The van der Waals surface area contributed by atoms with Gasteiger partial charge in [-0.15, -0.1) is 0 Å². The second-order valence-electron chi connectivity index (χ2n) is 13.9. The monoisotopic (exact) mass is 621 g/mol. The zero-order valence-electron chi connectivity index (χ0n) is 26.6. The number of hydrogen-bond donors (Lipinski definition) is 1. The number of allylic oxidation sites excluding steroid dienone is 1. The second kappa shape index (κ2) is 13.0. The molecule has 1 aromatic heterocycles. The Morgan fingerprint density at radius 3 is 2.50 bits per heavy atom. The van der Waals surface area contributed by atoms with Gasteiger partial charge in [0.25, 0.3) is 5.92 Å². The van der Waals surface area contributed by atoms with Crippen LogP contribution in [0.1, 0.15) is 88.3 Å². The molecule has 0 saturated carbocycles. The summed E-state index contributed by atoms with van der Waals surface area (Å²) in [6.45, 7) is 11.9. The first-order valence-electron chi connectivity index (χ1n) is 16.6. The van der Waals surface area contributed by atoms with Gasteiger partial charge in [-0.05, 0) is 106 Å². The molecule has 5 nitrogen and oxygen atoms in total. The molecule has 2 fully saturated rings. The molecule has 0 spiro atoms. The van der Waals surface area contributed by atoms with Crippen molar-refractivity contribution in [1.29, 1.82) is 0 Å². The van der Waals surface area contributed by atoms with Gasteiger partial charge in [-0.3, -0.25) is 4.90 Å². The number of anilines is 2. The van der Waals surface area contributed by atoms with Gasteiger partial charge >= 0.3 is 0 Å². The van der Waals surface area contributed by atoms with Crippen molar-refractivity contribution in [3.8, 4) is 0 Å². The maximum absolute atomic E-state index is 16.1. The van der Waals surface area contributed by atoms with Gasteiger partial charge < -0.3 is 10.2 Å². The molecule has 0 aliphatic carbocycles. The van der Waals surface area contributed by atoms with Crippen LogP contribution < -0.4 is 10.2 Å². The molecule has 1 N–H and O–H groups in total. The average Bonchev–Trinajstić information content (AvgIpc) is 3.00. The molecule has 1 aromatic carbocycles. The summed E-state index contributed by atoms with van der Waals surface area (Å²) in [5.41, 5.74) is 4.05. The van der Waals surface area contributed by atoms with Crippen molar-refractivity contribution in [3.63, 3.8) is 0 Å². The number of nitrogens with one attached hydrogen (secondary N) is 1. The molecule has 8 bridgehead atoms. The zero-order chi connectivity index (χ0) is 30.9. The highest BCUT2D eigenvalue weighted by Crippen LogP contribution is 2.46. The molecule has 238 valence electrons. The fraction of sp³-hybridized carbons (Fsp3) is 0.583. The van der Waals surface area contributed by atoms with Crippen molar-refractivity contribution in [3.05, 3.63) is 65.1 Å². The molecular formula is C36H49F2N5S. The fourth-order valence-corrected chi connectivity index (χ4v) is 9.19. The first-order chi connectivity index (χ1) is 21.1. The Kier molecular flexibility index (Phi) is 9.30. The van der Waals surface area contributed by atoms with Crippen LogP contribution in [0.3, 0.4) is 0 Å². The summed E-state index contributed by atoms with van der Waals surface area (Å²) in [6.07, 6.45) is 12.8. The highest BCUT2D eigenvalue weighted by molar-refractivity contribution is 8.14. The van der Waals surface area contributed by atoms with E-state index in [0.29, 0.717) is 25.3 Å². The van der Waals surface area contributed by atoms with Crippen LogP contribution in [0.2, 0.25) is 0 Å². The van der Waals surface area contributed by atoms with Gasteiger partial charge in [0.1, 0.15) is 18.0 Å². The number of aromatic nitrogens is 2. The molecule has 7 rings (SSSR count). The number of nitrogens with zero attached hydrogens (tertiary/aromatic N) is 4. The first kappa shape index (κ1) is 31.4. The molecule has 8 heteroatoms. The lowest BCUT2D eigenvalue weighted by Gasteiger charge is -2.47. The van der Waals surface area contributed by atoms with E-state index in [9.17, 15) is 0 Å². The second-order valence-corrected chi connectivity index (χ2v) is 15.9. The van der Waals surface area contributed by atoms with E-state index >= 15 is 8.78 Å². The molecule has 2 saturated heterocycles. The van der Waals surface area contributed by atoms with Crippen LogP contribution in [-0.2, 0) is 12.5 Å². The van der Waals surface area contributed by atoms with Gasteiger partial charge in [-0.1, -0.05) is 49.9 Å². The summed E-state index contributed by atoms with van der Waals surface area (Å²) in [6, 6.07) is 6.99. The number of rotatable bonds is 1. The van der Waals surface area contributed by atoms with Crippen LogP contribution >= 0.6 is 10.5 Å². The molecule has 6 heterocycles. The maximum Gasteiger partial charge on any atom is 0.276 e. The summed E-state index contributed by atoms with van der Waals surface area (Å²) in [5, 5.41) is 3.50. The lowest BCUT2D eigenvalue weighted by molar-refractivity contribution is -0.109. The summed E-state index contributed by atoms with van der Waals surface area (Å²) >= 11 is 0. The van der Waals surface area contributed by atoms with Crippen LogP contribution in [0, 0.1) is 11.8 Å². The number of alkyl halides is 2. The van der Waals surface area contributed by atoms with Gasteiger partial charge in [-0.25, -0.2) is 18.7 Å². The largest absolute Gasteiger partial charge is 0.365 e. The SMILES string of the molecule is C=C1C(C2CCS(=C)CC2)=Cc2c3ncnc2N1CCCCCCCN1CCC(CC1(C)C)C(F)(F)c1cccc(c1)CN3. The van der Waals surface area contributed by atoms with Crippen molar-refractivity contribution in [1.82, 2.24) is 14.9 Å². The Labute approximate surface area is 265 Å². The van der Waals surface area contributed by atoms with E-state index in [0.717, 1.165) is 98.1 Å². The summed E-state index contributed by atoms with van der Waals surface area (Å²) in [5.74, 6) is 5.21. The number of benzene rings is 1. The van der Waals surface area contributed by atoms with E-state index in [-0.39, 0.29) is 21.6 Å². The highest BCUT2D eigenvalue weighted by Gasteiger charge is 2.47. The van der Waals surface area contributed by atoms with Gasteiger partial charge in [-0.2, -0.15) is 10.5 Å². The Balaban J connectivity index is 1.32. The summed E-state index contributed by atoms with van der Waals surface area (Å²) in [4.78, 5) is 14.2. The summed E-state index contributed by atoms with van der Waals surface area (Å²) < 4.78 is 32.2. The molecule has 5 aliphatic rings. The van der Waals surface area contributed by atoms with Crippen molar-refractivity contribution < 1.29 is 8.78 Å². The predicted octanol–water partition coefficient (Wildman–Crippen LogP) is 8.46. The lowest BCUT2D eigenvalue weighted by atomic mass is 9.77.